The molecule has 1 atom stereocenters. The summed E-state index contributed by atoms with van der Waals surface area (Å²) in [5.41, 5.74) is 5.79. The van der Waals surface area contributed by atoms with Crippen molar-refractivity contribution in [3.8, 4) is 5.75 Å². The number of halogens is 1. The highest BCUT2D eigenvalue weighted by Crippen LogP contribution is 2.38. The predicted molar refractivity (Wildman–Crippen MR) is 93.4 cm³/mol. The minimum Gasteiger partial charge on any atom is -0.489 e. The molecule has 1 aliphatic rings. The van der Waals surface area contributed by atoms with Gasteiger partial charge in [0.1, 0.15) is 12.4 Å². The highest BCUT2D eigenvalue weighted by atomic mass is 35.5. The number of carbonyl (C=O) groups is 1. The summed E-state index contributed by atoms with van der Waals surface area (Å²) in [4.78, 5) is 11.7. The monoisotopic (exact) mass is 326 g/mol. The summed E-state index contributed by atoms with van der Waals surface area (Å²) in [6.45, 7) is 2.09. The number of hydrogen-bond acceptors (Lipinski definition) is 2. The molecule has 0 aliphatic carbocycles. The molecule has 0 spiro atoms. The van der Waals surface area contributed by atoms with Crippen LogP contribution in [0.2, 0.25) is 0 Å². The number of rotatable bonds is 3. The highest BCUT2D eigenvalue weighted by Gasteiger charge is 2.23. The highest BCUT2D eigenvalue weighted by molar-refractivity contribution is 6.25. The van der Waals surface area contributed by atoms with Crippen LogP contribution in [0.25, 0.3) is 0 Å². The molecule has 2 nitrogen and oxygen atoms in total. The van der Waals surface area contributed by atoms with Crippen LogP contribution in [0.5, 0.6) is 5.75 Å². The van der Waals surface area contributed by atoms with Crippen LogP contribution in [0, 0.1) is 0 Å². The average molecular weight is 327 g/mol. The summed E-state index contributed by atoms with van der Waals surface area (Å²) < 4.78 is 5.89. The first-order valence-corrected chi connectivity index (χ1v) is 8.20. The van der Waals surface area contributed by atoms with Gasteiger partial charge in [-0.1, -0.05) is 41.9 Å². The van der Waals surface area contributed by atoms with E-state index in [2.05, 4.69) is 12.1 Å². The van der Waals surface area contributed by atoms with E-state index >= 15 is 0 Å². The molecular weight excluding hydrogens is 308 g/mol. The molecule has 0 aromatic heterocycles. The van der Waals surface area contributed by atoms with Crippen molar-refractivity contribution < 1.29 is 9.53 Å². The van der Waals surface area contributed by atoms with E-state index in [4.69, 9.17) is 16.3 Å². The minimum atomic E-state index is 0.0728. The first kappa shape index (κ1) is 15.8. The third-order valence-corrected chi connectivity index (χ3v) is 4.57. The predicted octanol–water partition coefficient (Wildman–Crippen LogP) is 5.12. The molecule has 0 fully saturated rings. The molecule has 2 aromatic carbocycles. The van der Waals surface area contributed by atoms with E-state index in [1.165, 1.54) is 5.56 Å². The average Bonchev–Trinajstić information content (AvgIpc) is 2.75. The van der Waals surface area contributed by atoms with E-state index in [9.17, 15) is 4.79 Å². The van der Waals surface area contributed by atoms with Gasteiger partial charge in [-0.05, 0) is 60.6 Å². The zero-order valence-electron chi connectivity index (χ0n) is 13.1. The van der Waals surface area contributed by atoms with Crippen LogP contribution in [-0.2, 0) is 6.42 Å². The van der Waals surface area contributed by atoms with Gasteiger partial charge in [-0.15, -0.1) is 0 Å². The molecule has 1 heterocycles. The second-order valence-electron chi connectivity index (χ2n) is 5.96. The maximum atomic E-state index is 11.7. The Morgan fingerprint density at radius 3 is 2.74 bits per heavy atom. The molecule has 1 aliphatic heterocycles. The Morgan fingerprint density at radius 2 is 2.04 bits per heavy atom. The summed E-state index contributed by atoms with van der Waals surface area (Å²) in [6.07, 6.45) is 1.74. The summed E-state index contributed by atoms with van der Waals surface area (Å²) in [5, 5.41) is 0. The van der Waals surface area contributed by atoms with Crippen LogP contribution < -0.4 is 4.74 Å². The minimum absolute atomic E-state index is 0.0728. The summed E-state index contributed by atoms with van der Waals surface area (Å²) in [5.74, 6) is 1.17. The number of hydrogen-bond donors (Lipinski definition) is 0. The quantitative estimate of drug-likeness (QED) is 0.732. The zero-order chi connectivity index (χ0) is 16.2. The lowest BCUT2D eigenvalue weighted by molar-refractivity contribution is 0.101. The van der Waals surface area contributed by atoms with Gasteiger partial charge in [0.2, 0.25) is 0 Å². The second-order valence-corrected chi connectivity index (χ2v) is 6.17. The zero-order valence-corrected chi connectivity index (χ0v) is 13.8. The van der Waals surface area contributed by atoms with Crippen LogP contribution in [0.3, 0.4) is 0 Å². The van der Waals surface area contributed by atoms with Gasteiger partial charge in [0.15, 0.2) is 5.78 Å². The number of ether oxygens (including phenoxy) is 1. The van der Waals surface area contributed by atoms with Gasteiger partial charge in [-0.3, -0.25) is 4.79 Å². The number of ketones is 1. The smallest absolute Gasteiger partial charge is 0.159 e. The third kappa shape index (κ3) is 3.65. The van der Waals surface area contributed by atoms with Crippen molar-refractivity contribution in [3.05, 3.63) is 76.3 Å². The van der Waals surface area contributed by atoms with Crippen LogP contribution in [0.1, 0.15) is 40.7 Å². The van der Waals surface area contributed by atoms with E-state index in [0.29, 0.717) is 6.61 Å². The second kappa shape index (κ2) is 7.01. The van der Waals surface area contributed by atoms with E-state index in [1.54, 1.807) is 12.5 Å². The first-order valence-electron chi connectivity index (χ1n) is 7.77. The Bertz CT molecular complexity index is 735. The van der Waals surface area contributed by atoms with Crippen LogP contribution in [0.4, 0.5) is 0 Å². The van der Waals surface area contributed by atoms with Gasteiger partial charge in [-0.25, -0.2) is 0 Å². The molecule has 0 radical (unpaired) electrons. The standard InChI is InChI=1S/C20H19ClO2/c1-14(22)17-7-8-20-19(11-17)18(10-16(12-21)13-23-20)9-15-5-3-2-4-6-15/h2-8,11-12,18H,9-10,13H2,1H3/b16-12-. The molecular formula is C20H19ClO2. The molecule has 0 bridgehead atoms. The van der Waals surface area contributed by atoms with Crippen molar-refractivity contribution >= 4 is 17.4 Å². The van der Waals surface area contributed by atoms with E-state index in [1.807, 2.05) is 36.4 Å². The number of carbonyl (C=O) groups excluding carboxylic acids is 1. The number of benzene rings is 2. The summed E-state index contributed by atoms with van der Waals surface area (Å²) in [6, 6.07) is 16.1. The van der Waals surface area contributed by atoms with Crippen LogP contribution in [0.15, 0.2) is 59.6 Å². The fourth-order valence-corrected chi connectivity index (χ4v) is 3.18. The lowest BCUT2D eigenvalue weighted by atomic mass is 9.86. The van der Waals surface area contributed by atoms with Crippen molar-refractivity contribution in [1.29, 1.82) is 0 Å². The Hall–Kier alpha value is -2.06. The number of fused-ring (bicyclic) bond motifs is 1. The van der Waals surface area contributed by atoms with Crippen molar-refractivity contribution in [1.82, 2.24) is 0 Å². The number of Topliss-reactive ketones (excluding diaryl/α,β-unsaturated/α-hetero) is 1. The van der Waals surface area contributed by atoms with Crippen molar-refractivity contribution in [3.63, 3.8) is 0 Å². The summed E-state index contributed by atoms with van der Waals surface area (Å²) >= 11 is 5.95. The molecule has 0 saturated heterocycles. The van der Waals surface area contributed by atoms with Gasteiger partial charge >= 0.3 is 0 Å². The molecule has 118 valence electrons. The molecule has 0 amide bonds. The maximum Gasteiger partial charge on any atom is 0.159 e. The van der Waals surface area contributed by atoms with Gasteiger partial charge in [0.25, 0.3) is 0 Å². The van der Waals surface area contributed by atoms with Crippen LogP contribution >= 0.6 is 11.6 Å². The van der Waals surface area contributed by atoms with Crippen LogP contribution in [-0.4, -0.2) is 12.4 Å². The van der Waals surface area contributed by atoms with E-state index in [-0.39, 0.29) is 11.7 Å². The fraction of sp³-hybridized carbons (Fsp3) is 0.250. The van der Waals surface area contributed by atoms with E-state index in [0.717, 1.165) is 35.3 Å². The van der Waals surface area contributed by atoms with Crippen molar-refractivity contribution in [2.75, 3.05) is 6.61 Å². The Labute approximate surface area is 141 Å². The molecule has 3 rings (SSSR count). The largest absolute Gasteiger partial charge is 0.489 e. The SMILES string of the molecule is CC(=O)c1ccc2c(c1)C(Cc1ccccc1)C/C(=C/Cl)CO2. The Kier molecular flexibility index (Phi) is 4.82. The topological polar surface area (TPSA) is 26.3 Å². The lowest BCUT2D eigenvalue weighted by Crippen LogP contribution is -2.05. The van der Waals surface area contributed by atoms with E-state index < -0.39 is 0 Å². The fourth-order valence-electron chi connectivity index (χ4n) is 3.03. The van der Waals surface area contributed by atoms with Gasteiger partial charge < -0.3 is 4.74 Å². The van der Waals surface area contributed by atoms with Gasteiger partial charge in [-0.2, -0.15) is 0 Å². The molecule has 3 heteroatoms. The molecule has 0 saturated carbocycles. The van der Waals surface area contributed by atoms with Gasteiger partial charge in [0.05, 0.1) is 0 Å². The van der Waals surface area contributed by atoms with Crippen molar-refractivity contribution in [2.45, 2.75) is 25.7 Å². The molecule has 23 heavy (non-hydrogen) atoms. The third-order valence-electron chi connectivity index (χ3n) is 4.26. The van der Waals surface area contributed by atoms with Gasteiger partial charge in [0, 0.05) is 11.1 Å². The lowest BCUT2D eigenvalue weighted by Gasteiger charge is -2.18. The summed E-state index contributed by atoms with van der Waals surface area (Å²) in [7, 11) is 0. The molecule has 0 N–H and O–H groups in total. The Balaban J connectivity index is 2.01. The first-order chi connectivity index (χ1) is 11.2. The molecule has 1 unspecified atom stereocenters. The normalized spacial score (nSPS) is 18.9. The maximum absolute atomic E-state index is 11.7. The van der Waals surface area contributed by atoms with Crippen molar-refractivity contribution in [2.24, 2.45) is 0 Å². The Morgan fingerprint density at radius 1 is 1.26 bits per heavy atom. The molecule has 2 aromatic rings.